The fourth-order valence-electron chi connectivity index (χ4n) is 1.07. The van der Waals surface area contributed by atoms with Crippen molar-refractivity contribution in [2.24, 2.45) is 0 Å². The molecule has 0 fully saturated rings. The number of amides is 1. The zero-order valence-corrected chi connectivity index (χ0v) is 9.16. The Kier molecular flexibility index (Phi) is 4.01. The topological polar surface area (TPSA) is 98.1 Å². The number of likely N-dealkylation sites (N-methyl/N-ethyl adjacent to an activating group) is 1. The maximum atomic E-state index is 11.5. The van der Waals surface area contributed by atoms with Gasteiger partial charge in [0.05, 0.1) is 0 Å². The summed E-state index contributed by atoms with van der Waals surface area (Å²) in [7, 11) is 3.75. The van der Waals surface area contributed by atoms with E-state index in [1.807, 2.05) is 24.0 Å². The van der Waals surface area contributed by atoms with Crippen LogP contribution in [0.3, 0.4) is 0 Å². The maximum Gasteiger partial charge on any atom is 0.325 e. The minimum absolute atomic E-state index is 0.0987. The molecular weight excluding hydrogens is 212 g/mol. The summed E-state index contributed by atoms with van der Waals surface area (Å²) in [5.41, 5.74) is -1.42. The number of aromatic amines is 2. The van der Waals surface area contributed by atoms with Gasteiger partial charge in [-0.15, -0.1) is 0 Å². The van der Waals surface area contributed by atoms with E-state index >= 15 is 0 Å². The van der Waals surface area contributed by atoms with Crippen LogP contribution in [0.15, 0.2) is 15.8 Å². The van der Waals surface area contributed by atoms with Crippen LogP contribution in [0.5, 0.6) is 0 Å². The molecule has 16 heavy (non-hydrogen) atoms. The SMILES string of the molecule is CN(C)CCNC(=O)c1c[nH]c(=O)[nH]c1=O. The number of carbonyl (C=O) groups excluding carboxylic acids is 1. The summed E-state index contributed by atoms with van der Waals surface area (Å²) < 4.78 is 0. The summed E-state index contributed by atoms with van der Waals surface area (Å²) >= 11 is 0. The molecule has 0 unspecified atom stereocenters. The van der Waals surface area contributed by atoms with E-state index in [1.54, 1.807) is 0 Å². The second kappa shape index (κ2) is 5.26. The Hall–Kier alpha value is -1.89. The van der Waals surface area contributed by atoms with Crippen LogP contribution < -0.4 is 16.6 Å². The Morgan fingerprint density at radius 3 is 2.69 bits per heavy atom. The Morgan fingerprint density at radius 1 is 1.44 bits per heavy atom. The van der Waals surface area contributed by atoms with Gasteiger partial charge in [-0.3, -0.25) is 14.6 Å². The minimum atomic E-state index is -0.689. The zero-order valence-electron chi connectivity index (χ0n) is 9.16. The van der Waals surface area contributed by atoms with E-state index in [-0.39, 0.29) is 5.56 Å². The number of nitrogens with one attached hydrogen (secondary N) is 3. The van der Waals surface area contributed by atoms with Gasteiger partial charge in [0.15, 0.2) is 0 Å². The Labute approximate surface area is 91.5 Å². The van der Waals surface area contributed by atoms with Gasteiger partial charge in [-0.2, -0.15) is 0 Å². The lowest BCUT2D eigenvalue weighted by molar-refractivity contribution is 0.0949. The molecule has 0 bridgehead atoms. The van der Waals surface area contributed by atoms with Crippen molar-refractivity contribution in [2.45, 2.75) is 0 Å². The Bertz CT molecular complexity index is 474. The van der Waals surface area contributed by atoms with Crippen LogP contribution in [-0.4, -0.2) is 48.0 Å². The van der Waals surface area contributed by atoms with Crippen molar-refractivity contribution in [1.82, 2.24) is 20.2 Å². The maximum absolute atomic E-state index is 11.5. The standard InChI is InChI=1S/C9H14N4O3/c1-13(2)4-3-10-7(14)6-5-11-9(16)12-8(6)15/h5H,3-4H2,1-2H3,(H,10,14)(H2,11,12,15,16). The highest BCUT2D eigenvalue weighted by Gasteiger charge is 2.09. The van der Waals surface area contributed by atoms with Crippen LogP contribution in [0.25, 0.3) is 0 Å². The Balaban J connectivity index is 2.67. The second-order valence-corrected chi connectivity index (χ2v) is 3.54. The molecule has 0 saturated carbocycles. The predicted octanol–water partition coefficient (Wildman–Crippen LogP) is -1.65. The normalized spacial score (nSPS) is 10.4. The van der Waals surface area contributed by atoms with Crippen molar-refractivity contribution in [3.63, 3.8) is 0 Å². The molecule has 0 aliphatic rings. The van der Waals surface area contributed by atoms with Crippen LogP contribution in [0.2, 0.25) is 0 Å². The van der Waals surface area contributed by atoms with Crippen LogP contribution >= 0.6 is 0 Å². The van der Waals surface area contributed by atoms with Crippen molar-refractivity contribution in [1.29, 1.82) is 0 Å². The number of rotatable bonds is 4. The molecule has 7 nitrogen and oxygen atoms in total. The molecule has 3 N–H and O–H groups in total. The summed E-state index contributed by atoms with van der Waals surface area (Å²) in [6.45, 7) is 1.11. The Morgan fingerprint density at radius 2 is 2.12 bits per heavy atom. The molecule has 1 aromatic rings. The molecule has 0 aromatic carbocycles. The molecule has 1 rings (SSSR count). The molecule has 1 amide bonds. The summed E-state index contributed by atoms with van der Waals surface area (Å²) in [6, 6.07) is 0. The lowest BCUT2D eigenvalue weighted by atomic mass is 10.3. The van der Waals surface area contributed by atoms with Crippen molar-refractivity contribution in [3.05, 3.63) is 32.6 Å². The number of hydrogen-bond acceptors (Lipinski definition) is 4. The highest BCUT2D eigenvalue weighted by molar-refractivity contribution is 5.93. The number of hydrogen-bond donors (Lipinski definition) is 3. The molecule has 88 valence electrons. The van der Waals surface area contributed by atoms with Gasteiger partial charge in [-0.05, 0) is 14.1 Å². The number of nitrogens with zero attached hydrogens (tertiary/aromatic N) is 1. The molecule has 0 aliphatic heterocycles. The number of H-pyrrole nitrogens is 2. The molecule has 0 atom stereocenters. The first-order valence-electron chi connectivity index (χ1n) is 4.75. The van der Waals surface area contributed by atoms with E-state index in [2.05, 4.69) is 10.3 Å². The molecule has 0 spiro atoms. The average Bonchev–Trinajstić information content (AvgIpc) is 2.16. The molecule has 1 heterocycles. The van der Waals surface area contributed by atoms with Crippen molar-refractivity contribution in [2.75, 3.05) is 27.2 Å². The van der Waals surface area contributed by atoms with E-state index < -0.39 is 17.2 Å². The fourth-order valence-corrected chi connectivity index (χ4v) is 1.07. The van der Waals surface area contributed by atoms with E-state index in [0.717, 1.165) is 6.20 Å². The van der Waals surface area contributed by atoms with Gasteiger partial charge in [0.25, 0.3) is 11.5 Å². The van der Waals surface area contributed by atoms with E-state index in [0.29, 0.717) is 13.1 Å². The molecule has 0 aliphatic carbocycles. The third-order valence-corrected chi connectivity index (χ3v) is 1.91. The van der Waals surface area contributed by atoms with Gasteiger partial charge < -0.3 is 15.2 Å². The minimum Gasteiger partial charge on any atom is -0.351 e. The molecule has 0 radical (unpaired) electrons. The summed E-state index contributed by atoms with van der Waals surface area (Å²) in [6.07, 6.45) is 1.10. The second-order valence-electron chi connectivity index (χ2n) is 3.54. The first kappa shape index (κ1) is 12.2. The van der Waals surface area contributed by atoms with Crippen molar-refractivity contribution in [3.8, 4) is 0 Å². The summed E-state index contributed by atoms with van der Waals surface area (Å²) in [5, 5.41) is 2.57. The average molecular weight is 226 g/mol. The van der Waals surface area contributed by atoms with Gasteiger partial charge >= 0.3 is 5.69 Å². The number of carbonyl (C=O) groups is 1. The van der Waals surface area contributed by atoms with Gasteiger partial charge in [0.1, 0.15) is 5.56 Å². The van der Waals surface area contributed by atoms with Crippen LogP contribution in [0.4, 0.5) is 0 Å². The zero-order chi connectivity index (χ0) is 12.1. The van der Waals surface area contributed by atoms with Gasteiger partial charge in [-0.25, -0.2) is 4.79 Å². The number of aromatic nitrogens is 2. The van der Waals surface area contributed by atoms with Crippen LogP contribution in [0, 0.1) is 0 Å². The highest BCUT2D eigenvalue weighted by atomic mass is 16.2. The quantitative estimate of drug-likeness (QED) is 0.573. The molecular formula is C9H14N4O3. The first-order chi connectivity index (χ1) is 7.50. The third-order valence-electron chi connectivity index (χ3n) is 1.91. The highest BCUT2D eigenvalue weighted by Crippen LogP contribution is 1.84. The summed E-state index contributed by atoms with van der Waals surface area (Å²) in [4.78, 5) is 39.6. The third kappa shape index (κ3) is 3.35. The largest absolute Gasteiger partial charge is 0.351 e. The van der Waals surface area contributed by atoms with Crippen LogP contribution in [-0.2, 0) is 0 Å². The first-order valence-corrected chi connectivity index (χ1v) is 4.75. The van der Waals surface area contributed by atoms with Gasteiger partial charge in [0.2, 0.25) is 0 Å². The summed E-state index contributed by atoms with van der Waals surface area (Å²) in [5.74, 6) is -0.501. The fraction of sp³-hybridized carbons (Fsp3) is 0.444. The molecule has 1 aromatic heterocycles. The van der Waals surface area contributed by atoms with Crippen LogP contribution in [0.1, 0.15) is 10.4 Å². The van der Waals surface area contributed by atoms with E-state index in [9.17, 15) is 14.4 Å². The lowest BCUT2D eigenvalue weighted by Gasteiger charge is -2.09. The molecule has 0 saturated heterocycles. The smallest absolute Gasteiger partial charge is 0.325 e. The van der Waals surface area contributed by atoms with Crippen molar-refractivity contribution < 1.29 is 4.79 Å². The lowest BCUT2D eigenvalue weighted by Crippen LogP contribution is -2.36. The van der Waals surface area contributed by atoms with E-state index in [4.69, 9.17) is 0 Å². The van der Waals surface area contributed by atoms with E-state index in [1.165, 1.54) is 0 Å². The van der Waals surface area contributed by atoms with Gasteiger partial charge in [0, 0.05) is 19.3 Å². The van der Waals surface area contributed by atoms with Crippen molar-refractivity contribution >= 4 is 5.91 Å². The monoisotopic (exact) mass is 226 g/mol. The predicted molar refractivity (Wildman–Crippen MR) is 58.6 cm³/mol. The molecule has 7 heteroatoms. The van der Waals surface area contributed by atoms with Gasteiger partial charge in [-0.1, -0.05) is 0 Å².